The molecule has 0 spiro atoms. The van der Waals surface area contributed by atoms with E-state index < -0.39 is 0 Å². The quantitative estimate of drug-likeness (QED) is 0.183. The van der Waals surface area contributed by atoms with Crippen molar-refractivity contribution in [3.05, 3.63) is 174 Å². The van der Waals surface area contributed by atoms with Crippen LogP contribution in [0.25, 0.3) is 61.4 Å². The highest BCUT2D eigenvalue weighted by Crippen LogP contribution is 2.52. The van der Waals surface area contributed by atoms with Crippen molar-refractivity contribution in [3.63, 3.8) is 0 Å². The Hall–Kier alpha value is -6.33. The van der Waals surface area contributed by atoms with Gasteiger partial charge in [-0.05, 0) is 78.4 Å². The van der Waals surface area contributed by atoms with Gasteiger partial charge in [-0.2, -0.15) is 0 Å². The number of allylic oxidation sites excluding steroid dienone is 8. The fraction of sp³-hybridized carbons (Fsp3) is 0.128. The van der Waals surface area contributed by atoms with Crippen LogP contribution in [0.15, 0.2) is 157 Å². The Bertz CT molecular complexity index is 2610. The second-order valence-corrected chi connectivity index (χ2v) is 14.1. The molecule has 0 N–H and O–H groups in total. The molecule has 3 aliphatic rings. The van der Waals surface area contributed by atoms with E-state index in [4.69, 9.17) is 19.7 Å². The zero-order chi connectivity index (χ0) is 34.8. The van der Waals surface area contributed by atoms with Crippen LogP contribution >= 0.6 is 0 Å². The van der Waals surface area contributed by atoms with Crippen LogP contribution in [0, 0.1) is 12.8 Å². The van der Waals surface area contributed by atoms with Gasteiger partial charge in [0.1, 0.15) is 17.3 Å². The van der Waals surface area contributed by atoms with Gasteiger partial charge in [-0.3, -0.25) is 0 Å². The second kappa shape index (κ2) is 12.2. The molecule has 0 amide bonds. The molecule has 10 rings (SSSR count). The normalized spacial score (nSPS) is 18.9. The molecule has 2 aromatic heterocycles. The van der Waals surface area contributed by atoms with E-state index >= 15 is 0 Å². The van der Waals surface area contributed by atoms with Crippen molar-refractivity contribution >= 4 is 27.5 Å². The van der Waals surface area contributed by atoms with Gasteiger partial charge in [-0.1, -0.05) is 116 Å². The number of para-hydroxylation sites is 1. The predicted octanol–water partition coefficient (Wildman–Crippen LogP) is 11.4. The Morgan fingerprint density at radius 1 is 0.712 bits per heavy atom. The number of benzene rings is 5. The predicted molar refractivity (Wildman–Crippen MR) is 211 cm³/mol. The Balaban J connectivity index is 1.10. The first-order valence-corrected chi connectivity index (χ1v) is 18.1. The first-order chi connectivity index (χ1) is 25.6. The molecule has 5 heteroatoms. The van der Waals surface area contributed by atoms with Crippen LogP contribution in [0.3, 0.4) is 0 Å². The molecule has 250 valence electrons. The summed E-state index contributed by atoms with van der Waals surface area (Å²) in [5.74, 6) is 4.19. The van der Waals surface area contributed by atoms with Crippen LogP contribution in [0.5, 0.6) is 5.75 Å². The van der Waals surface area contributed by atoms with E-state index in [1.807, 2.05) is 36.4 Å². The lowest BCUT2D eigenvalue weighted by atomic mass is 9.80. The number of nitrogens with zero attached hydrogens (tertiary/aromatic N) is 4. The summed E-state index contributed by atoms with van der Waals surface area (Å²) in [6.07, 6.45) is 14.4. The van der Waals surface area contributed by atoms with E-state index in [0.717, 1.165) is 40.4 Å². The molecule has 3 heterocycles. The summed E-state index contributed by atoms with van der Waals surface area (Å²) >= 11 is 0. The molecule has 7 aromatic rings. The third kappa shape index (κ3) is 5.03. The van der Waals surface area contributed by atoms with Crippen molar-refractivity contribution < 1.29 is 4.74 Å². The lowest BCUT2D eigenvalue weighted by Crippen LogP contribution is -2.16. The molecule has 0 fully saturated rings. The van der Waals surface area contributed by atoms with E-state index in [1.54, 1.807) is 0 Å². The van der Waals surface area contributed by atoms with Crippen LogP contribution in [0.4, 0.5) is 0 Å². The topological polar surface area (TPSA) is 52.8 Å². The molecule has 0 saturated heterocycles. The average molecular weight is 673 g/mol. The molecule has 5 nitrogen and oxygen atoms in total. The summed E-state index contributed by atoms with van der Waals surface area (Å²) in [7, 11) is 0. The Labute approximate surface area is 303 Å². The van der Waals surface area contributed by atoms with Gasteiger partial charge in [-0.25, -0.2) is 15.0 Å². The summed E-state index contributed by atoms with van der Waals surface area (Å²) < 4.78 is 9.01. The zero-order valence-electron chi connectivity index (χ0n) is 29.1. The van der Waals surface area contributed by atoms with Gasteiger partial charge >= 0.3 is 0 Å². The second-order valence-electron chi connectivity index (χ2n) is 14.1. The molecule has 0 radical (unpaired) electrons. The van der Waals surface area contributed by atoms with Crippen molar-refractivity contribution in [1.82, 2.24) is 19.5 Å². The van der Waals surface area contributed by atoms with Crippen LogP contribution in [-0.2, 0) is 0 Å². The fourth-order valence-corrected chi connectivity index (χ4v) is 8.17. The zero-order valence-corrected chi connectivity index (χ0v) is 29.1. The maximum Gasteiger partial charge on any atom is 0.163 e. The van der Waals surface area contributed by atoms with Crippen LogP contribution in [-0.4, -0.2) is 19.5 Å². The lowest BCUT2D eigenvalue weighted by molar-refractivity contribution is 0.414. The molecule has 3 unspecified atom stereocenters. The summed E-state index contributed by atoms with van der Waals surface area (Å²) in [4.78, 5) is 15.2. The molecule has 3 atom stereocenters. The Morgan fingerprint density at radius 3 is 2.17 bits per heavy atom. The third-order valence-corrected chi connectivity index (χ3v) is 10.7. The minimum Gasteiger partial charge on any atom is -0.461 e. The van der Waals surface area contributed by atoms with Crippen molar-refractivity contribution in [2.45, 2.75) is 32.1 Å². The number of aryl methyl sites for hydroxylation is 1. The highest BCUT2D eigenvalue weighted by molar-refractivity contribution is 6.11. The maximum atomic E-state index is 6.59. The third-order valence-electron chi connectivity index (χ3n) is 10.7. The van der Waals surface area contributed by atoms with Crippen molar-refractivity contribution in [3.8, 4) is 39.7 Å². The number of hydrogen-bond acceptors (Lipinski definition) is 4. The van der Waals surface area contributed by atoms with Gasteiger partial charge in [0.2, 0.25) is 0 Å². The molecular formula is C47H36N4O. The van der Waals surface area contributed by atoms with E-state index in [0.29, 0.717) is 17.6 Å². The van der Waals surface area contributed by atoms with Crippen molar-refractivity contribution in [1.29, 1.82) is 0 Å². The van der Waals surface area contributed by atoms with Gasteiger partial charge in [0.15, 0.2) is 11.6 Å². The average Bonchev–Trinajstić information content (AvgIpc) is 3.72. The molecular weight excluding hydrogens is 637 g/mol. The summed E-state index contributed by atoms with van der Waals surface area (Å²) in [6.45, 7) is 4.47. The number of rotatable bonds is 5. The lowest BCUT2D eigenvalue weighted by Gasteiger charge is -2.23. The first kappa shape index (κ1) is 30.5. The van der Waals surface area contributed by atoms with E-state index in [-0.39, 0.29) is 11.8 Å². The van der Waals surface area contributed by atoms with Crippen LogP contribution < -0.4 is 4.74 Å². The van der Waals surface area contributed by atoms with Gasteiger partial charge in [0.05, 0.1) is 22.9 Å². The van der Waals surface area contributed by atoms with Gasteiger partial charge < -0.3 is 9.30 Å². The van der Waals surface area contributed by atoms with Crippen molar-refractivity contribution in [2.24, 2.45) is 5.92 Å². The number of fused-ring (bicyclic) bond motifs is 6. The monoisotopic (exact) mass is 672 g/mol. The fourth-order valence-electron chi connectivity index (χ4n) is 8.17. The van der Waals surface area contributed by atoms with Gasteiger partial charge in [0.25, 0.3) is 0 Å². The summed E-state index contributed by atoms with van der Waals surface area (Å²) in [5.41, 5.74) is 10.3. The summed E-state index contributed by atoms with van der Waals surface area (Å²) in [6, 6.07) is 40.6. The SMILES string of the molecule is Cc1cc2c(cc1-c1ccc3c(c1)c1ccccc1n3C1=CC(C)CC=C1)C1C(=CC=CC1c1nc(-c3ccccc3)nc(-c3ccccc3)n1)O2. The summed E-state index contributed by atoms with van der Waals surface area (Å²) in [5, 5.41) is 2.51. The number of hydrogen-bond donors (Lipinski definition) is 0. The van der Waals surface area contributed by atoms with Crippen LogP contribution in [0.2, 0.25) is 0 Å². The highest BCUT2D eigenvalue weighted by Gasteiger charge is 2.39. The van der Waals surface area contributed by atoms with Gasteiger partial charge in [0, 0.05) is 33.2 Å². The highest BCUT2D eigenvalue weighted by atomic mass is 16.5. The first-order valence-electron chi connectivity index (χ1n) is 18.1. The van der Waals surface area contributed by atoms with E-state index in [1.165, 1.54) is 44.2 Å². The molecule has 0 saturated carbocycles. The number of aromatic nitrogens is 4. The Kier molecular flexibility index (Phi) is 7.14. The van der Waals surface area contributed by atoms with Crippen LogP contribution in [0.1, 0.15) is 42.1 Å². The smallest absolute Gasteiger partial charge is 0.163 e. The molecule has 2 aliphatic carbocycles. The van der Waals surface area contributed by atoms with Crippen molar-refractivity contribution in [2.75, 3.05) is 0 Å². The minimum absolute atomic E-state index is 0.0633. The molecule has 1 aliphatic heterocycles. The standard InChI is InChI=1S/C47H36N4O/c1-29-13-11-18-34(25-29)51-40-21-10-9-19-35(40)38-27-33(23-24-41(38)51)37-28-39-43(26-30(37)2)52-42-22-12-20-36(44(39)42)47-49-45(31-14-5-3-6-15-31)48-46(50-47)32-16-7-4-8-17-32/h3-12,14-29,36,44H,13H2,1-2H3. The van der Waals surface area contributed by atoms with Gasteiger partial charge in [-0.15, -0.1) is 0 Å². The molecule has 5 aromatic carbocycles. The Morgan fingerprint density at radius 2 is 1.42 bits per heavy atom. The largest absolute Gasteiger partial charge is 0.461 e. The number of ether oxygens (including phenoxy) is 1. The minimum atomic E-state index is -0.135. The van der Waals surface area contributed by atoms with E-state index in [9.17, 15) is 0 Å². The molecule has 52 heavy (non-hydrogen) atoms. The molecule has 0 bridgehead atoms. The maximum absolute atomic E-state index is 6.59. The van der Waals surface area contributed by atoms with E-state index in [2.05, 4.69) is 134 Å².